The van der Waals surface area contributed by atoms with E-state index in [9.17, 15) is 9.90 Å². The van der Waals surface area contributed by atoms with Gasteiger partial charge in [0.05, 0.1) is 17.3 Å². The number of aliphatic hydroxyl groups is 1. The summed E-state index contributed by atoms with van der Waals surface area (Å²) in [6.07, 6.45) is 6.93. The number of hydrogen-bond donors (Lipinski definition) is 3. The zero-order valence-electron chi connectivity index (χ0n) is 22.9. The van der Waals surface area contributed by atoms with E-state index in [1.165, 1.54) is 0 Å². The van der Waals surface area contributed by atoms with Crippen molar-refractivity contribution in [2.45, 2.75) is 32.0 Å². The van der Waals surface area contributed by atoms with Gasteiger partial charge in [-0.15, -0.1) is 0 Å². The van der Waals surface area contributed by atoms with Gasteiger partial charge in [0, 0.05) is 87.6 Å². The van der Waals surface area contributed by atoms with Crippen molar-refractivity contribution in [1.29, 1.82) is 0 Å². The lowest BCUT2D eigenvalue weighted by molar-refractivity contribution is 0.0792. The summed E-state index contributed by atoms with van der Waals surface area (Å²) in [6.45, 7) is 7.47. The van der Waals surface area contributed by atoms with Gasteiger partial charge in [-0.3, -0.25) is 29.7 Å². The van der Waals surface area contributed by atoms with E-state index in [1.807, 2.05) is 42.7 Å². The highest BCUT2D eigenvalue weighted by Crippen LogP contribution is 2.27. The lowest BCUT2D eigenvalue weighted by Crippen LogP contribution is -2.44. The second-order valence-corrected chi connectivity index (χ2v) is 11.0. The summed E-state index contributed by atoms with van der Waals surface area (Å²) in [7, 11) is 2.14. The third-order valence-corrected chi connectivity index (χ3v) is 7.93. The van der Waals surface area contributed by atoms with E-state index in [2.05, 4.69) is 53.3 Å². The highest BCUT2D eigenvalue weighted by atomic mass is 16.3. The van der Waals surface area contributed by atoms with Gasteiger partial charge in [-0.05, 0) is 61.3 Å². The number of carbonyl (C=O) groups is 1. The zero-order chi connectivity index (χ0) is 27.5. The van der Waals surface area contributed by atoms with E-state index in [4.69, 9.17) is 0 Å². The molecule has 5 heterocycles. The molecule has 10 heteroatoms. The SMILES string of the molecule is CN1CCN(Cc2cc(NC(=O)c3n[nH]c4ccc(-c5cncc(CN6CCC(O)CC6)c5)cc34)ccn2)CC1. The standard InChI is InChI=1S/C30H36N8O2/c1-36-10-12-38(13-11-36)20-25-16-24(4-7-32-25)33-30(40)29-27-15-22(2-3-28(27)34-35-29)23-14-21(17-31-18-23)19-37-8-5-26(39)6-9-37/h2-4,7,14-18,26,39H,5-6,8-13,19-20H2,1H3,(H,34,35)(H,32,33,40). The first kappa shape index (κ1) is 26.5. The Hall–Kier alpha value is -3.70. The monoisotopic (exact) mass is 540 g/mol. The minimum Gasteiger partial charge on any atom is -0.393 e. The average molecular weight is 541 g/mol. The molecule has 2 saturated heterocycles. The van der Waals surface area contributed by atoms with E-state index >= 15 is 0 Å². The number of hydrogen-bond acceptors (Lipinski definition) is 8. The van der Waals surface area contributed by atoms with Crippen molar-refractivity contribution in [3.8, 4) is 11.1 Å². The summed E-state index contributed by atoms with van der Waals surface area (Å²) in [5.41, 5.74) is 5.89. The smallest absolute Gasteiger partial charge is 0.276 e. The first-order valence-electron chi connectivity index (χ1n) is 14.0. The molecule has 6 rings (SSSR count). The fraction of sp³-hybridized carbons (Fsp3) is 0.400. The molecular weight excluding hydrogens is 504 g/mol. The van der Waals surface area contributed by atoms with Gasteiger partial charge in [0.25, 0.3) is 5.91 Å². The number of amides is 1. The number of nitrogens with one attached hydrogen (secondary N) is 2. The van der Waals surface area contributed by atoms with Crippen LogP contribution in [0.1, 0.15) is 34.6 Å². The van der Waals surface area contributed by atoms with Crippen molar-refractivity contribution in [3.63, 3.8) is 0 Å². The lowest BCUT2D eigenvalue weighted by atomic mass is 10.0. The maximum absolute atomic E-state index is 13.3. The molecule has 0 spiro atoms. The molecule has 0 aliphatic carbocycles. The van der Waals surface area contributed by atoms with Crippen LogP contribution in [0.25, 0.3) is 22.0 Å². The highest BCUT2D eigenvalue weighted by molar-refractivity contribution is 6.11. The number of aromatic amines is 1. The van der Waals surface area contributed by atoms with Crippen molar-refractivity contribution in [2.24, 2.45) is 0 Å². The molecular formula is C30H36N8O2. The summed E-state index contributed by atoms with van der Waals surface area (Å²) in [6, 6.07) is 11.9. The quantitative estimate of drug-likeness (QED) is 0.328. The predicted molar refractivity (Wildman–Crippen MR) is 155 cm³/mol. The van der Waals surface area contributed by atoms with E-state index in [0.717, 1.165) is 98.5 Å². The number of likely N-dealkylation sites (tertiary alicyclic amines) is 1. The largest absolute Gasteiger partial charge is 0.393 e. The van der Waals surface area contributed by atoms with Crippen molar-refractivity contribution in [3.05, 3.63) is 71.9 Å². The molecule has 3 aromatic heterocycles. The van der Waals surface area contributed by atoms with Gasteiger partial charge >= 0.3 is 0 Å². The maximum Gasteiger partial charge on any atom is 0.276 e. The van der Waals surface area contributed by atoms with Crippen molar-refractivity contribution >= 4 is 22.5 Å². The average Bonchev–Trinajstić information content (AvgIpc) is 3.40. The van der Waals surface area contributed by atoms with Crippen LogP contribution in [0.5, 0.6) is 0 Å². The third-order valence-electron chi connectivity index (χ3n) is 7.93. The second-order valence-electron chi connectivity index (χ2n) is 11.0. The molecule has 1 aromatic carbocycles. The number of aromatic nitrogens is 4. The Bertz CT molecular complexity index is 1470. The molecule has 0 unspecified atom stereocenters. The number of likely N-dealkylation sites (N-methyl/N-ethyl adjacent to an activating group) is 1. The molecule has 2 aliphatic heterocycles. The van der Waals surface area contributed by atoms with Crippen LogP contribution in [0.15, 0.2) is 55.0 Å². The summed E-state index contributed by atoms with van der Waals surface area (Å²) < 4.78 is 0. The van der Waals surface area contributed by atoms with Gasteiger partial charge in [-0.25, -0.2) is 0 Å². The summed E-state index contributed by atoms with van der Waals surface area (Å²) in [4.78, 5) is 29.4. The molecule has 0 saturated carbocycles. The van der Waals surface area contributed by atoms with E-state index in [0.29, 0.717) is 11.4 Å². The predicted octanol–water partition coefficient (Wildman–Crippen LogP) is 2.98. The Morgan fingerprint density at radius 1 is 0.975 bits per heavy atom. The van der Waals surface area contributed by atoms with Crippen LogP contribution < -0.4 is 5.32 Å². The molecule has 1 amide bonds. The fourth-order valence-corrected chi connectivity index (χ4v) is 5.50. The van der Waals surface area contributed by atoms with Crippen molar-refractivity contribution in [2.75, 3.05) is 51.6 Å². The molecule has 4 aromatic rings. The number of benzene rings is 1. The molecule has 0 radical (unpaired) electrons. The summed E-state index contributed by atoms with van der Waals surface area (Å²) in [5.74, 6) is -0.265. The molecule has 208 valence electrons. The van der Waals surface area contributed by atoms with Crippen molar-refractivity contribution in [1.82, 2.24) is 34.9 Å². The second kappa shape index (κ2) is 11.8. The molecule has 3 N–H and O–H groups in total. The number of H-pyrrole nitrogens is 1. The van der Waals surface area contributed by atoms with Gasteiger partial charge in [0.2, 0.25) is 0 Å². The van der Waals surface area contributed by atoms with E-state index in [-0.39, 0.29) is 12.0 Å². The van der Waals surface area contributed by atoms with Crippen LogP contribution in [0.3, 0.4) is 0 Å². The third kappa shape index (κ3) is 6.20. The molecule has 0 atom stereocenters. The van der Waals surface area contributed by atoms with Gasteiger partial charge in [0.1, 0.15) is 0 Å². The van der Waals surface area contributed by atoms with Crippen LogP contribution >= 0.6 is 0 Å². The Morgan fingerprint density at radius 3 is 2.60 bits per heavy atom. The topological polar surface area (TPSA) is 114 Å². The van der Waals surface area contributed by atoms with Crippen LogP contribution in [0.4, 0.5) is 5.69 Å². The Kier molecular flexibility index (Phi) is 7.83. The molecule has 2 aliphatic rings. The number of nitrogens with zero attached hydrogens (tertiary/aromatic N) is 6. The molecule has 40 heavy (non-hydrogen) atoms. The van der Waals surface area contributed by atoms with Crippen molar-refractivity contribution < 1.29 is 9.90 Å². The minimum atomic E-state index is -0.265. The first-order chi connectivity index (χ1) is 19.5. The molecule has 10 nitrogen and oxygen atoms in total. The number of anilines is 1. The highest BCUT2D eigenvalue weighted by Gasteiger charge is 2.19. The molecule has 0 bridgehead atoms. The van der Waals surface area contributed by atoms with E-state index < -0.39 is 0 Å². The van der Waals surface area contributed by atoms with Gasteiger partial charge < -0.3 is 15.3 Å². The number of carbonyl (C=O) groups excluding carboxylic acids is 1. The lowest BCUT2D eigenvalue weighted by Gasteiger charge is -2.32. The zero-order valence-corrected chi connectivity index (χ0v) is 22.9. The number of piperidine rings is 1. The van der Waals surface area contributed by atoms with Crippen LogP contribution in [0.2, 0.25) is 0 Å². The molecule has 2 fully saturated rings. The van der Waals surface area contributed by atoms with Gasteiger partial charge in [0.15, 0.2) is 5.69 Å². The van der Waals surface area contributed by atoms with Gasteiger partial charge in [-0.1, -0.05) is 6.07 Å². The summed E-state index contributed by atoms with van der Waals surface area (Å²) >= 11 is 0. The minimum absolute atomic E-state index is 0.184. The van der Waals surface area contributed by atoms with E-state index in [1.54, 1.807) is 6.20 Å². The van der Waals surface area contributed by atoms with Gasteiger partial charge in [-0.2, -0.15) is 5.10 Å². The first-order valence-corrected chi connectivity index (χ1v) is 14.0. The number of pyridine rings is 2. The summed E-state index contributed by atoms with van der Waals surface area (Å²) in [5, 5.41) is 20.9. The fourth-order valence-electron chi connectivity index (χ4n) is 5.50. The number of aliphatic hydroxyl groups excluding tert-OH is 1. The van der Waals surface area contributed by atoms with Crippen LogP contribution in [-0.4, -0.2) is 98.3 Å². The number of fused-ring (bicyclic) bond motifs is 1. The Balaban J connectivity index is 1.16. The van der Waals surface area contributed by atoms with Crippen LogP contribution in [-0.2, 0) is 13.1 Å². The normalized spacial score (nSPS) is 17.9. The maximum atomic E-state index is 13.3. The number of rotatable bonds is 7. The van der Waals surface area contributed by atoms with Crippen LogP contribution in [0, 0.1) is 0 Å². The number of piperazine rings is 1. The Labute approximate surface area is 234 Å². The Morgan fingerprint density at radius 2 is 1.77 bits per heavy atom.